The van der Waals surface area contributed by atoms with Gasteiger partial charge in [-0.1, -0.05) is 0 Å². The summed E-state index contributed by atoms with van der Waals surface area (Å²) < 4.78 is 39.1. The maximum absolute atomic E-state index is 13.1. The molecule has 0 aliphatic carbocycles. The summed E-state index contributed by atoms with van der Waals surface area (Å²) in [5.41, 5.74) is -0.897. The molecule has 1 spiro atoms. The van der Waals surface area contributed by atoms with Crippen LogP contribution in [0.4, 0.5) is 8.78 Å². The van der Waals surface area contributed by atoms with Crippen molar-refractivity contribution in [2.75, 3.05) is 26.3 Å². The lowest BCUT2D eigenvalue weighted by Gasteiger charge is -2.39. The second kappa shape index (κ2) is 6.76. The Labute approximate surface area is 139 Å². The zero-order valence-corrected chi connectivity index (χ0v) is 14.0. The van der Waals surface area contributed by atoms with Crippen molar-refractivity contribution in [3.05, 3.63) is 17.5 Å². The number of carbonyl (C=O) groups excluding carboxylic acids is 1. The Balaban J connectivity index is 1.74. The number of ether oxygens (including phenoxy) is 2. The molecule has 2 fully saturated rings. The first-order valence-corrected chi connectivity index (χ1v) is 8.30. The summed E-state index contributed by atoms with van der Waals surface area (Å²) in [5, 5.41) is 3.72. The summed E-state index contributed by atoms with van der Waals surface area (Å²) in [4.78, 5) is 14.3. The molecule has 6 nitrogen and oxygen atoms in total. The lowest BCUT2D eigenvalue weighted by Crippen LogP contribution is -2.50. The van der Waals surface area contributed by atoms with E-state index in [2.05, 4.69) is 5.10 Å². The van der Waals surface area contributed by atoms with Crippen LogP contribution in [0, 0.1) is 0 Å². The monoisotopic (exact) mass is 343 g/mol. The Morgan fingerprint density at radius 1 is 1.58 bits per heavy atom. The van der Waals surface area contributed by atoms with Crippen molar-refractivity contribution in [3.63, 3.8) is 0 Å². The number of rotatable bonds is 4. The predicted molar refractivity (Wildman–Crippen MR) is 82.0 cm³/mol. The van der Waals surface area contributed by atoms with E-state index in [1.54, 1.807) is 4.90 Å². The van der Waals surface area contributed by atoms with Crippen LogP contribution in [-0.4, -0.2) is 58.6 Å². The SMILES string of the molecule is CCO[C@H]1CO[C@]2(CCCN(C(=O)c3cn(C)nc3C(F)F)C2)C1. The van der Waals surface area contributed by atoms with Crippen molar-refractivity contribution < 1.29 is 23.0 Å². The number of hydrogen-bond acceptors (Lipinski definition) is 4. The van der Waals surface area contributed by atoms with Crippen LogP contribution < -0.4 is 0 Å². The van der Waals surface area contributed by atoms with Crippen LogP contribution >= 0.6 is 0 Å². The summed E-state index contributed by atoms with van der Waals surface area (Å²) in [5.74, 6) is -0.402. The second-order valence-electron chi connectivity index (χ2n) is 6.51. The first-order chi connectivity index (χ1) is 11.4. The Kier molecular flexibility index (Phi) is 4.87. The molecule has 8 heteroatoms. The summed E-state index contributed by atoms with van der Waals surface area (Å²) in [6.45, 7) is 4.04. The number of piperidine rings is 1. The second-order valence-corrected chi connectivity index (χ2v) is 6.51. The average Bonchev–Trinajstić information content (AvgIpc) is 3.11. The molecular formula is C16H23F2N3O3. The summed E-state index contributed by atoms with van der Waals surface area (Å²) in [6, 6.07) is 0. The molecule has 1 aromatic heterocycles. The van der Waals surface area contributed by atoms with Crippen LogP contribution in [0.2, 0.25) is 0 Å². The standard InChI is InChI=1S/C16H23F2N3O3/c1-3-23-11-7-16(24-9-11)5-4-6-21(10-16)15(22)12-8-20(2)19-13(12)14(17)18/h8,11,14H,3-7,9-10H2,1-2H3/t11-,16-/m1/s1. The van der Waals surface area contributed by atoms with E-state index < -0.39 is 23.6 Å². The van der Waals surface area contributed by atoms with Crippen molar-refractivity contribution in [3.8, 4) is 0 Å². The van der Waals surface area contributed by atoms with E-state index in [1.807, 2.05) is 6.92 Å². The zero-order valence-electron chi connectivity index (χ0n) is 14.0. The molecule has 2 saturated heterocycles. The molecule has 0 aromatic carbocycles. The Morgan fingerprint density at radius 3 is 3.08 bits per heavy atom. The highest BCUT2D eigenvalue weighted by molar-refractivity contribution is 5.95. The van der Waals surface area contributed by atoms with Crippen molar-refractivity contribution in [2.45, 2.75) is 44.3 Å². The molecule has 0 saturated carbocycles. The van der Waals surface area contributed by atoms with Crippen LogP contribution in [-0.2, 0) is 16.5 Å². The molecule has 3 rings (SSSR count). The van der Waals surface area contributed by atoms with E-state index in [-0.39, 0.29) is 11.7 Å². The van der Waals surface area contributed by atoms with E-state index in [0.29, 0.717) is 26.3 Å². The van der Waals surface area contributed by atoms with Gasteiger partial charge in [-0.3, -0.25) is 9.48 Å². The van der Waals surface area contributed by atoms with Gasteiger partial charge in [-0.05, 0) is 19.8 Å². The lowest BCUT2D eigenvalue weighted by atomic mass is 9.89. The van der Waals surface area contributed by atoms with Crippen molar-refractivity contribution in [1.82, 2.24) is 14.7 Å². The number of aromatic nitrogens is 2. The molecule has 2 aliphatic heterocycles. The minimum Gasteiger partial charge on any atom is -0.376 e. The summed E-state index contributed by atoms with van der Waals surface area (Å²) >= 11 is 0. The van der Waals surface area contributed by atoms with Crippen LogP contribution in [0.25, 0.3) is 0 Å². The fraction of sp³-hybridized carbons (Fsp3) is 0.750. The summed E-state index contributed by atoms with van der Waals surface area (Å²) in [6.07, 6.45) is 1.02. The fourth-order valence-electron chi connectivity index (χ4n) is 3.70. The number of halogens is 2. The van der Waals surface area contributed by atoms with E-state index >= 15 is 0 Å². The topological polar surface area (TPSA) is 56.6 Å². The Morgan fingerprint density at radius 2 is 2.38 bits per heavy atom. The smallest absolute Gasteiger partial charge is 0.282 e. The number of nitrogens with zero attached hydrogens (tertiary/aromatic N) is 3. The quantitative estimate of drug-likeness (QED) is 0.841. The lowest BCUT2D eigenvalue weighted by molar-refractivity contribution is -0.0463. The van der Waals surface area contributed by atoms with Gasteiger partial charge >= 0.3 is 0 Å². The highest BCUT2D eigenvalue weighted by Crippen LogP contribution is 2.36. The third kappa shape index (κ3) is 3.30. The molecule has 1 amide bonds. The van der Waals surface area contributed by atoms with Gasteiger partial charge in [0.05, 0.1) is 30.4 Å². The molecule has 0 unspecified atom stereocenters. The maximum Gasteiger partial charge on any atom is 0.282 e. The van der Waals surface area contributed by atoms with E-state index in [4.69, 9.17) is 9.47 Å². The predicted octanol–water partition coefficient (Wildman–Crippen LogP) is 2.16. The van der Waals surface area contributed by atoms with Gasteiger partial charge in [-0.2, -0.15) is 5.10 Å². The molecule has 2 aliphatic rings. The van der Waals surface area contributed by atoms with E-state index in [1.165, 1.54) is 17.9 Å². The molecular weight excluding hydrogens is 320 g/mol. The normalized spacial score (nSPS) is 27.4. The Bertz CT molecular complexity index is 607. The molecule has 134 valence electrons. The number of likely N-dealkylation sites (tertiary alicyclic amines) is 1. The molecule has 0 N–H and O–H groups in total. The molecule has 0 radical (unpaired) electrons. The van der Waals surface area contributed by atoms with Gasteiger partial charge in [0, 0.05) is 32.8 Å². The van der Waals surface area contributed by atoms with Gasteiger partial charge in [0.25, 0.3) is 12.3 Å². The van der Waals surface area contributed by atoms with Crippen LogP contribution in [0.5, 0.6) is 0 Å². The Hall–Kier alpha value is -1.54. The maximum atomic E-state index is 13.1. The van der Waals surface area contributed by atoms with Gasteiger partial charge in [0.1, 0.15) is 5.69 Å². The van der Waals surface area contributed by atoms with Gasteiger partial charge in [0.15, 0.2) is 0 Å². The number of alkyl halides is 2. The van der Waals surface area contributed by atoms with Gasteiger partial charge in [0.2, 0.25) is 0 Å². The van der Waals surface area contributed by atoms with Gasteiger partial charge in [-0.15, -0.1) is 0 Å². The third-order valence-corrected chi connectivity index (χ3v) is 4.70. The molecule has 2 atom stereocenters. The van der Waals surface area contributed by atoms with E-state index in [9.17, 15) is 13.6 Å². The number of carbonyl (C=O) groups is 1. The first-order valence-electron chi connectivity index (χ1n) is 8.30. The number of aryl methyl sites for hydroxylation is 1. The van der Waals surface area contributed by atoms with Crippen molar-refractivity contribution in [1.29, 1.82) is 0 Å². The highest BCUT2D eigenvalue weighted by atomic mass is 19.3. The van der Waals surface area contributed by atoms with Gasteiger partial charge in [-0.25, -0.2) is 8.78 Å². The number of amides is 1. The van der Waals surface area contributed by atoms with Crippen LogP contribution in [0.3, 0.4) is 0 Å². The third-order valence-electron chi connectivity index (χ3n) is 4.70. The van der Waals surface area contributed by atoms with Crippen molar-refractivity contribution >= 4 is 5.91 Å². The minimum atomic E-state index is -2.77. The van der Waals surface area contributed by atoms with Gasteiger partial charge < -0.3 is 14.4 Å². The molecule has 1 aromatic rings. The van der Waals surface area contributed by atoms with E-state index in [0.717, 1.165) is 19.3 Å². The van der Waals surface area contributed by atoms with Crippen molar-refractivity contribution in [2.24, 2.45) is 7.05 Å². The first kappa shape index (κ1) is 17.3. The minimum absolute atomic E-state index is 0.0242. The molecule has 0 bridgehead atoms. The summed E-state index contributed by atoms with van der Waals surface area (Å²) in [7, 11) is 1.53. The largest absolute Gasteiger partial charge is 0.376 e. The van der Waals surface area contributed by atoms with Crippen LogP contribution in [0.15, 0.2) is 6.20 Å². The van der Waals surface area contributed by atoms with Crippen LogP contribution in [0.1, 0.15) is 48.7 Å². The number of hydrogen-bond donors (Lipinski definition) is 0. The fourth-order valence-corrected chi connectivity index (χ4v) is 3.70. The molecule has 3 heterocycles. The average molecular weight is 343 g/mol. The highest BCUT2D eigenvalue weighted by Gasteiger charge is 2.45. The molecule has 24 heavy (non-hydrogen) atoms. The zero-order chi connectivity index (χ0) is 17.3.